The molecule has 0 amide bonds. The predicted molar refractivity (Wildman–Crippen MR) is 78.0 cm³/mol. The summed E-state index contributed by atoms with van der Waals surface area (Å²) in [5.41, 5.74) is 0. The fraction of sp³-hybridized carbons (Fsp3) is 0.538. The molecule has 1 aliphatic rings. The highest BCUT2D eigenvalue weighted by molar-refractivity contribution is 8.00. The Balaban J connectivity index is 2.36. The van der Waals surface area contributed by atoms with Gasteiger partial charge in [0.15, 0.2) is 0 Å². The second-order valence-corrected chi connectivity index (χ2v) is 8.88. The molecular formula is C13H19NO3S2. The maximum atomic E-state index is 12.6. The molecular weight excluding hydrogens is 282 g/mol. The van der Waals surface area contributed by atoms with Crippen LogP contribution < -0.4 is 0 Å². The van der Waals surface area contributed by atoms with E-state index in [1.807, 2.05) is 6.92 Å². The Morgan fingerprint density at radius 1 is 1.32 bits per heavy atom. The highest BCUT2D eigenvalue weighted by atomic mass is 32.2. The zero-order valence-electron chi connectivity index (χ0n) is 11.3. The van der Waals surface area contributed by atoms with Gasteiger partial charge in [0.05, 0.1) is 4.90 Å². The summed E-state index contributed by atoms with van der Waals surface area (Å²) >= 11 is 1.80. The van der Waals surface area contributed by atoms with Crippen molar-refractivity contribution in [2.24, 2.45) is 0 Å². The van der Waals surface area contributed by atoms with E-state index in [-0.39, 0.29) is 21.4 Å². The van der Waals surface area contributed by atoms with Crippen LogP contribution in [-0.2, 0) is 10.0 Å². The van der Waals surface area contributed by atoms with Gasteiger partial charge in [0.2, 0.25) is 10.0 Å². The molecule has 1 aromatic carbocycles. The number of rotatable bonds is 2. The minimum atomic E-state index is -3.49. The molecule has 1 heterocycles. The van der Waals surface area contributed by atoms with Crippen molar-refractivity contribution >= 4 is 21.8 Å². The zero-order valence-corrected chi connectivity index (χ0v) is 13.0. The molecule has 106 valence electrons. The van der Waals surface area contributed by atoms with Crippen molar-refractivity contribution in [2.75, 3.05) is 12.3 Å². The van der Waals surface area contributed by atoms with Crippen molar-refractivity contribution in [3.8, 4) is 5.75 Å². The average molecular weight is 301 g/mol. The number of benzene rings is 1. The van der Waals surface area contributed by atoms with Crippen molar-refractivity contribution in [1.29, 1.82) is 0 Å². The van der Waals surface area contributed by atoms with E-state index in [2.05, 4.69) is 13.8 Å². The first-order valence-electron chi connectivity index (χ1n) is 6.20. The van der Waals surface area contributed by atoms with Gasteiger partial charge >= 0.3 is 0 Å². The maximum absolute atomic E-state index is 12.6. The van der Waals surface area contributed by atoms with Crippen LogP contribution in [0.2, 0.25) is 0 Å². The molecule has 0 bridgehead atoms. The molecule has 2 rings (SSSR count). The Kier molecular flexibility index (Phi) is 3.86. The number of phenols is 1. The molecule has 0 aromatic heterocycles. The Bertz CT molecular complexity index is 552. The number of thioether (sulfide) groups is 1. The van der Waals surface area contributed by atoms with E-state index < -0.39 is 10.0 Å². The number of aromatic hydroxyl groups is 1. The molecule has 0 spiro atoms. The number of sulfonamides is 1. The van der Waals surface area contributed by atoms with Gasteiger partial charge in [-0.05, 0) is 45.0 Å². The Morgan fingerprint density at radius 3 is 2.47 bits per heavy atom. The summed E-state index contributed by atoms with van der Waals surface area (Å²) in [4.78, 5) is 0.236. The van der Waals surface area contributed by atoms with Crippen molar-refractivity contribution in [1.82, 2.24) is 4.31 Å². The van der Waals surface area contributed by atoms with Crippen molar-refractivity contribution < 1.29 is 13.5 Å². The topological polar surface area (TPSA) is 57.6 Å². The molecule has 0 unspecified atom stereocenters. The largest absolute Gasteiger partial charge is 0.508 e. The molecule has 1 N–H and O–H groups in total. The summed E-state index contributed by atoms with van der Waals surface area (Å²) in [7, 11) is -3.49. The summed E-state index contributed by atoms with van der Waals surface area (Å²) in [6.45, 7) is 6.62. The van der Waals surface area contributed by atoms with E-state index in [4.69, 9.17) is 0 Å². The van der Waals surface area contributed by atoms with Crippen LogP contribution in [0, 0.1) is 0 Å². The Morgan fingerprint density at radius 2 is 1.89 bits per heavy atom. The van der Waals surface area contributed by atoms with Crippen LogP contribution in [0.15, 0.2) is 29.2 Å². The van der Waals surface area contributed by atoms with Crippen LogP contribution in [0.1, 0.15) is 20.8 Å². The van der Waals surface area contributed by atoms with E-state index in [0.717, 1.165) is 5.75 Å². The van der Waals surface area contributed by atoms with Gasteiger partial charge in [0.25, 0.3) is 0 Å². The minimum Gasteiger partial charge on any atom is -0.508 e. The molecule has 0 saturated carbocycles. The van der Waals surface area contributed by atoms with E-state index in [0.29, 0.717) is 6.54 Å². The molecule has 4 nitrogen and oxygen atoms in total. The van der Waals surface area contributed by atoms with Gasteiger partial charge < -0.3 is 5.11 Å². The lowest BCUT2D eigenvalue weighted by molar-refractivity contribution is 0.296. The highest BCUT2D eigenvalue weighted by Gasteiger charge is 2.41. The molecule has 1 aliphatic heterocycles. The van der Waals surface area contributed by atoms with E-state index >= 15 is 0 Å². The molecule has 0 radical (unpaired) electrons. The number of hydrogen-bond donors (Lipinski definition) is 1. The molecule has 1 saturated heterocycles. The normalized spacial score (nSPS) is 24.3. The first kappa shape index (κ1) is 14.7. The fourth-order valence-electron chi connectivity index (χ4n) is 2.14. The number of hydrogen-bond acceptors (Lipinski definition) is 4. The van der Waals surface area contributed by atoms with Crippen LogP contribution in [0.3, 0.4) is 0 Å². The van der Waals surface area contributed by atoms with Crippen molar-refractivity contribution in [3.05, 3.63) is 24.3 Å². The zero-order chi connectivity index (χ0) is 14.3. The van der Waals surface area contributed by atoms with Gasteiger partial charge in [-0.3, -0.25) is 0 Å². The molecule has 1 atom stereocenters. The molecule has 0 aliphatic carbocycles. The third-order valence-corrected chi connectivity index (χ3v) is 7.12. The lowest BCUT2D eigenvalue weighted by atomic mass is 10.1. The summed E-state index contributed by atoms with van der Waals surface area (Å²) in [6, 6.07) is 5.64. The van der Waals surface area contributed by atoms with Crippen molar-refractivity contribution in [3.63, 3.8) is 0 Å². The van der Waals surface area contributed by atoms with E-state index in [1.165, 1.54) is 24.3 Å². The van der Waals surface area contributed by atoms with Gasteiger partial charge in [0.1, 0.15) is 5.75 Å². The minimum absolute atomic E-state index is 0.0648. The third-order valence-electron chi connectivity index (χ3n) is 3.67. The molecule has 19 heavy (non-hydrogen) atoms. The van der Waals surface area contributed by atoms with E-state index in [1.54, 1.807) is 16.1 Å². The number of nitrogens with zero attached hydrogens (tertiary/aromatic N) is 1. The van der Waals surface area contributed by atoms with Gasteiger partial charge in [-0.1, -0.05) is 0 Å². The predicted octanol–water partition coefficient (Wildman–Crippen LogP) is 2.30. The lowest BCUT2D eigenvalue weighted by Crippen LogP contribution is -2.53. The Labute approximate surface area is 118 Å². The first-order chi connectivity index (χ1) is 8.75. The summed E-state index contributed by atoms with van der Waals surface area (Å²) < 4.78 is 26.7. The van der Waals surface area contributed by atoms with Gasteiger partial charge in [-0.15, -0.1) is 0 Å². The van der Waals surface area contributed by atoms with Gasteiger partial charge in [0, 0.05) is 23.1 Å². The number of phenolic OH excluding ortho intramolecular Hbond substituents is 1. The van der Waals surface area contributed by atoms with E-state index in [9.17, 15) is 13.5 Å². The summed E-state index contributed by atoms with van der Waals surface area (Å²) in [5, 5.41) is 9.26. The first-order valence-corrected chi connectivity index (χ1v) is 8.62. The fourth-order valence-corrected chi connectivity index (χ4v) is 5.27. The van der Waals surface area contributed by atoms with Crippen LogP contribution in [-0.4, -0.2) is 40.9 Å². The SMILES string of the molecule is C[C@@H]1N(S(=O)(=O)c2ccc(O)cc2)CCSC1(C)C. The smallest absolute Gasteiger partial charge is 0.243 e. The average Bonchev–Trinajstić information content (AvgIpc) is 2.33. The van der Waals surface area contributed by atoms with Crippen LogP contribution in [0.25, 0.3) is 0 Å². The molecule has 6 heteroatoms. The summed E-state index contributed by atoms with van der Waals surface area (Å²) in [5.74, 6) is 0.871. The van der Waals surface area contributed by atoms with Crippen LogP contribution >= 0.6 is 11.8 Å². The van der Waals surface area contributed by atoms with Crippen LogP contribution in [0.5, 0.6) is 5.75 Å². The summed E-state index contributed by atoms with van der Waals surface area (Å²) in [6.07, 6.45) is 0. The maximum Gasteiger partial charge on any atom is 0.243 e. The third kappa shape index (κ3) is 2.75. The second-order valence-electron chi connectivity index (χ2n) is 5.24. The lowest BCUT2D eigenvalue weighted by Gasteiger charge is -2.43. The van der Waals surface area contributed by atoms with Crippen LogP contribution in [0.4, 0.5) is 0 Å². The van der Waals surface area contributed by atoms with Crippen molar-refractivity contribution in [2.45, 2.75) is 36.5 Å². The molecule has 1 aromatic rings. The van der Waals surface area contributed by atoms with Gasteiger partial charge in [-0.2, -0.15) is 16.1 Å². The quantitative estimate of drug-likeness (QED) is 0.910. The molecule has 1 fully saturated rings. The second kappa shape index (κ2) is 5.00. The Hall–Kier alpha value is -0.720. The highest BCUT2D eigenvalue weighted by Crippen LogP contribution is 2.37. The standard InChI is InChI=1S/C13H19NO3S2/c1-10-13(2,3)18-9-8-14(10)19(16,17)12-6-4-11(15)5-7-12/h4-7,10,15H,8-9H2,1-3H3/t10-/m0/s1. The monoisotopic (exact) mass is 301 g/mol. The van der Waals surface area contributed by atoms with Gasteiger partial charge in [-0.25, -0.2) is 8.42 Å².